The Morgan fingerprint density at radius 3 is 1.94 bits per heavy atom. The molecule has 0 bridgehead atoms. The van der Waals surface area contributed by atoms with Crippen molar-refractivity contribution in [3.8, 4) is 5.75 Å². The Morgan fingerprint density at radius 2 is 1.41 bits per heavy atom. The minimum atomic E-state index is -1.32. The molecular formula is C21H24ClNO10S. The second-order valence-corrected chi connectivity index (χ2v) is 7.91. The largest absolute Gasteiger partial charge is 0.463 e. The average Bonchev–Trinajstić information content (AvgIpc) is 2.71. The minimum Gasteiger partial charge on any atom is -0.463 e. The Morgan fingerprint density at radius 1 is 0.882 bits per heavy atom. The van der Waals surface area contributed by atoms with Crippen LogP contribution in [0.4, 0.5) is 0 Å². The molecule has 5 atom stereocenters. The lowest BCUT2D eigenvalue weighted by Crippen LogP contribution is -2.66. The van der Waals surface area contributed by atoms with E-state index in [1.807, 2.05) is 0 Å². The number of carbonyl (C=O) groups is 4. The Balaban J connectivity index is 2.35. The topological polar surface area (TPSA) is 136 Å². The first kappa shape index (κ1) is 27.3. The van der Waals surface area contributed by atoms with Crippen molar-refractivity contribution in [1.82, 2.24) is 5.32 Å². The molecular weight excluding hydrogens is 494 g/mol. The highest BCUT2D eigenvalue weighted by Crippen LogP contribution is 2.28. The van der Waals surface area contributed by atoms with Gasteiger partial charge in [-0.05, 0) is 36.5 Å². The van der Waals surface area contributed by atoms with E-state index in [1.165, 1.54) is 6.92 Å². The number of thiocarbonyl (C=S) groups is 1. The molecule has 1 N–H and O–H groups in total. The average molecular weight is 518 g/mol. The van der Waals surface area contributed by atoms with Crippen LogP contribution in [0.2, 0.25) is 5.02 Å². The molecule has 1 saturated heterocycles. The Bertz CT molecular complexity index is 925. The molecule has 1 fully saturated rings. The standard InChI is InChI=1S/C21H24ClNO10S/c1-10(24)28-9-16-17(29-11(2)25)18(30-12(3)26)19(31-13(4)27)20(33-16)23-21(34)32-15-7-5-14(22)6-8-15/h5-8,16-20H,9H2,1-4H3,(H,23,34)/t16-,17-,18+,19+,20-/m1/s1. The highest BCUT2D eigenvalue weighted by Gasteiger charge is 2.52. The minimum absolute atomic E-state index is 0.178. The van der Waals surface area contributed by atoms with Crippen molar-refractivity contribution < 1.29 is 47.6 Å². The Kier molecular flexibility index (Phi) is 10.0. The van der Waals surface area contributed by atoms with E-state index in [0.717, 1.165) is 20.8 Å². The van der Waals surface area contributed by atoms with Crippen LogP contribution in [-0.2, 0) is 42.9 Å². The second-order valence-electron chi connectivity index (χ2n) is 7.11. The lowest BCUT2D eigenvalue weighted by atomic mass is 9.97. The fraction of sp³-hybridized carbons (Fsp3) is 0.476. The first-order valence-electron chi connectivity index (χ1n) is 10.0. The maximum Gasteiger partial charge on any atom is 0.303 e. The molecule has 2 rings (SSSR count). The monoisotopic (exact) mass is 517 g/mol. The molecule has 1 aromatic rings. The van der Waals surface area contributed by atoms with E-state index in [-0.39, 0.29) is 11.8 Å². The molecule has 13 heteroatoms. The Labute approximate surface area is 205 Å². The summed E-state index contributed by atoms with van der Waals surface area (Å²) in [5, 5.41) is 3.05. The maximum atomic E-state index is 11.8. The van der Waals surface area contributed by atoms with Gasteiger partial charge in [-0.1, -0.05) is 11.6 Å². The van der Waals surface area contributed by atoms with Gasteiger partial charge in [0.2, 0.25) is 0 Å². The van der Waals surface area contributed by atoms with Gasteiger partial charge in [-0.25, -0.2) is 0 Å². The van der Waals surface area contributed by atoms with Gasteiger partial charge in [0.25, 0.3) is 5.17 Å². The van der Waals surface area contributed by atoms with Gasteiger partial charge >= 0.3 is 23.9 Å². The molecule has 1 aromatic carbocycles. The van der Waals surface area contributed by atoms with Crippen molar-refractivity contribution in [2.75, 3.05) is 6.61 Å². The van der Waals surface area contributed by atoms with Gasteiger partial charge in [0.1, 0.15) is 18.5 Å². The lowest BCUT2D eigenvalue weighted by Gasteiger charge is -2.44. The van der Waals surface area contributed by atoms with E-state index < -0.39 is 54.5 Å². The smallest absolute Gasteiger partial charge is 0.303 e. The normalized spacial score (nSPS) is 23.7. The number of rotatable bonds is 7. The van der Waals surface area contributed by atoms with Gasteiger partial charge < -0.3 is 33.7 Å². The third kappa shape index (κ3) is 8.43. The first-order chi connectivity index (χ1) is 16.0. The van der Waals surface area contributed by atoms with Gasteiger partial charge in [-0.3, -0.25) is 19.2 Å². The van der Waals surface area contributed by atoms with E-state index in [4.69, 9.17) is 52.2 Å². The second kappa shape index (κ2) is 12.5. The Hall–Kier alpha value is -2.96. The van der Waals surface area contributed by atoms with E-state index in [9.17, 15) is 19.2 Å². The summed E-state index contributed by atoms with van der Waals surface area (Å²) in [7, 11) is 0. The number of benzene rings is 1. The van der Waals surface area contributed by atoms with Gasteiger partial charge in [0, 0.05) is 32.7 Å². The summed E-state index contributed by atoms with van der Waals surface area (Å²) >= 11 is 11.1. The number of hydrogen-bond donors (Lipinski definition) is 1. The number of esters is 4. The van der Waals surface area contributed by atoms with Crippen molar-refractivity contribution in [3.63, 3.8) is 0 Å². The summed E-state index contributed by atoms with van der Waals surface area (Å²) in [6, 6.07) is 6.33. The number of ether oxygens (including phenoxy) is 6. The highest BCUT2D eigenvalue weighted by molar-refractivity contribution is 7.80. The number of hydrogen-bond acceptors (Lipinski definition) is 11. The van der Waals surface area contributed by atoms with Crippen molar-refractivity contribution in [3.05, 3.63) is 29.3 Å². The zero-order chi connectivity index (χ0) is 25.4. The van der Waals surface area contributed by atoms with Crippen LogP contribution in [0.25, 0.3) is 0 Å². The third-order valence-electron chi connectivity index (χ3n) is 4.28. The van der Waals surface area contributed by atoms with Crippen LogP contribution >= 0.6 is 23.8 Å². The van der Waals surface area contributed by atoms with Crippen LogP contribution in [0, 0.1) is 0 Å². The van der Waals surface area contributed by atoms with E-state index in [1.54, 1.807) is 24.3 Å². The van der Waals surface area contributed by atoms with Crippen molar-refractivity contribution in [2.45, 2.75) is 58.3 Å². The quantitative estimate of drug-likeness (QED) is 0.320. The summed E-state index contributed by atoms with van der Waals surface area (Å²) in [4.78, 5) is 46.8. The van der Waals surface area contributed by atoms with Crippen LogP contribution in [0.1, 0.15) is 27.7 Å². The summed E-state index contributed by atoms with van der Waals surface area (Å²) in [6.07, 6.45) is -6.25. The molecule has 1 aliphatic rings. The maximum absolute atomic E-state index is 11.8. The molecule has 0 unspecified atom stereocenters. The van der Waals surface area contributed by atoms with Gasteiger partial charge in [-0.2, -0.15) is 0 Å². The summed E-state index contributed by atoms with van der Waals surface area (Å²) in [5.74, 6) is -2.48. The molecule has 0 saturated carbocycles. The highest BCUT2D eigenvalue weighted by atomic mass is 35.5. The van der Waals surface area contributed by atoms with Crippen LogP contribution in [0.15, 0.2) is 24.3 Å². The summed E-state index contributed by atoms with van der Waals surface area (Å²) in [5.41, 5.74) is 0. The molecule has 0 radical (unpaired) electrons. The summed E-state index contributed by atoms with van der Waals surface area (Å²) < 4.78 is 32.4. The first-order valence-corrected chi connectivity index (χ1v) is 10.8. The summed E-state index contributed by atoms with van der Waals surface area (Å²) in [6.45, 7) is 4.22. The SMILES string of the molecule is CC(=O)OC[C@H]1O[C@@H](NC(=S)Oc2ccc(Cl)cc2)[C@@H](OC(C)=O)[C@@H](OC(C)=O)[C@@H]1OC(C)=O. The predicted octanol–water partition coefficient (Wildman–Crippen LogP) is 1.68. The van der Waals surface area contributed by atoms with Crippen LogP contribution < -0.4 is 10.1 Å². The van der Waals surface area contributed by atoms with Crippen LogP contribution in [0.5, 0.6) is 5.75 Å². The van der Waals surface area contributed by atoms with E-state index in [2.05, 4.69) is 5.32 Å². The zero-order valence-electron chi connectivity index (χ0n) is 18.8. The lowest BCUT2D eigenvalue weighted by molar-refractivity contribution is -0.255. The van der Waals surface area contributed by atoms with Crippen molar-refractivity contribution >= 4 is 52.9 Å². The molecule has 1 heterocycles. The number of halogens is 1. The number of carbonyl (C=O) groups excluding carboxylic acids is 4. The fourth-order valence-electron chi connectivity index (χ4n) is 3.10. The van der Waals surface area contributed by atoms with Crippen molar-refractivity contribution in [2.24, 2.45) is 0 Å². The molecule has 0 spiro atoms. The number of nitrogens with one attached hydrogen (secondary N) is 1. The predicted molar refractivity (Wildman–Crippen MR) is 120 cm³/mol. The fourth-order valence-corrected chi connectivity index (χ4v) is 3.44. The molecule has 0 aliphatic carbocycles. The molecule has 186 valence electrons. The van der Waals surface area contributed by atoms with Gasteiger partial charge in [0.15, 0.2) is 24.5 Å². The third-order valence-corrected chi connectivity index (χ3v) is 4.73. The molecule has 0 amide bonds. The van der Waals surface area contributed by atoms with E-state index >= 15 is 0 Å². The van der Waals surface area contributed by atoms with E-state index in [0.29, 0.717) is 10.8 Å². The molecule has 0 aromatic heterocycles. The van der Waals surface area contributed by atoms with Gasteiger partial charge in [0.05, 0.1) is 0 Å². The molecule has 1 aliphatic heterocycles. The van der Waals surface area contributed by atoms with Crippen LogP contribution in [-0.4, -0.2) is 66.3 Å². The zero-order valence-corrected chi connectivity index (χ0v) is 20.3. The van der Waals surface area contributed by atoms with Crippen LogP contribution in [0.3, 0.4) is 0 Å². The van der Waals surface area contributed by atoms with Crippen molar-refractivity contribution in [1.29, 1.82) is 0 Å². The molecule has 11 nitrogen and oxygen atoms in total. The molecule has 34 heavy (non-hydrogen) atoms. The van der Waals surface area contributed by atoms with Gasteiger partial charge in [-0.15, -0.1) is 0 Å².